The zero-order chi connectivity index (χ0) is 15.2. The highest BCUT2D eigenvalue weighted by atomic mass is 19.4. The van der Waals surface area contributed by atoms with Gasteiger partial charge in [0.2, 0.25) is 5.91 Å². The maximum absolute atomic E-state index is 12.5. The number of nitrogens with zero attached hydrogens (tertiary/aromatic N) is 1. The molecule has 0 aromatic carbocycles. The van der Waals surface area contributed by atoms with Crippen molar-refractivity contribution in [3.63, 3.8) is 0 Å². The molecule has 1 aliphatic rings. The molecule has 2 atom stereocenters. The topological polar surface area (TPSA) is 55.6 Å². The van der Waals surface area contributed by atoms with Crippen LogP contribution in [0.2, 0.25) is 0 Å². The minimum atomic E-state index is -4.40. The summed E-state index contributed by atoms with van der Waals surface area (Å²) in [5.41, 5.74) is 5.63. The predicted octanol–water partition coefficient (Wildman–Crippen LogP) is 1.71. The zero-order valence-electron chi connectivity index (χ0n) is 11.5. The normalized spacial score (nSPS) is 22.2. The molecular formula is C13H21F3N2O2. The van der Waals surface area contributed by atoms with Gasteiger partial charge in [-0.15, -0.1) is 0 Å². The first-order chi connectivity index (χ1) is 9.33. The van der Waals surface area contributed by atoms with Crippen LogP contribution in [0.25, 0.3) is 0 Å². The van der Waals surface area contributed by atoms with Gasteiger partial charge in [-0.1, -0.05) is 12.2 Å². The van der Waals surface area contributed by atoms with Crippen molar-refractivity contribution >= 4 is 5.91 Å². The molecule has 0 fully saturated rings. The van der Waals surface area contributed by atoms with Gasteiger partial charge >= 0.3 is 6.18 Å². The van der Waals surface area contributed by atoms with Gasteiger partial charge in [0.1, 0.15) is 6.54 Å². The van der Waals surface area contributed by atoms with Crippen molar-refractivity contribution in [2.24, 2.45) is 11.7 Å². The molecule has 4 nitrogen and oxygen atoms in total. The molecule has 0 saturated heterocycles. The van der Waals surface area contributed by atoms with Crippen LogP contribution in [0.4, 0.5) is 13.2 Å². The van der Waals surface area contributed by atoms with Gasteiger partial charge in [0.05, 0.1) is 5.92 Å². The van der Waals surface area contributed by atoms with E-state index in [9.17, 15) is 18.0 Å². The highest BCUT2D eigenvalue weighted by Crippen LogP contribution is 2.23. The third kappa shape index (κ3) is 5.92. The summed E-state index contributed by atoms with van der Waals surface area (Å²) in [7, 11) is 0. The molecule has 0 saturated carbocycles. The number of hydrogen-bond donors (Lipinski definition) is 1. The van der Waals surface area contributed by atoms with Gasteiger partial charge in [-0.05, 0) is 19.8 Å². The van der Waals surface area contributed by atoms with Gasteiger partial charge in [0, 0.05) is 25.8 Å². The third-order valence-electron chi connectivity index (χ3n) is 3.04. The van der Waals surface area contributed by atoms with E-state index in [2.05, 4.69) is 0 Å². The van der Waals surface area contributed by atoms with Crippen molar-refractivity contribution in [3.8, 4) is 0 Å². The number of rotatable bonds is 7. The van der Waals surface area contributed by atoms with E-state index >= 15 is 0 Å². The molecule has 20 heavy (non-hydrogen) atoms. The summed E-state index contributed by atoms with van der Waals surface area (Å²) in [6.45, 7) is 1.48. The number of alkyl halides is 3. The summed E-state index contributed by atoms with van der Waals surface area (Å²) in [6.07, 6.45) is -0.379. The summed E-state index contributed by atoms with van der Waals surface area (Å²) in [5, 5.41) is 0. The summed E-state index contributed by atoms with van der Waals surface area (Å²) in [4.78, 5) is 13.0. The fourth-order valence-corrected chi connectivity index (χ4v) is 2.13. The van der Waals surface area contributed by atoms with Gasteiger partial charge in [-0.2, -0.15) is 13.2 Å². The van der Waals surface area contributed by atoms with Crippen LogP contribution in [-0.4, -0.2) is 49.3 Å². The average Bonchev–Trinajstić information content (AvgIpc) is 2.77. The van der Waals surface area contributed by atoms with E-state index in [0.29, 0.717) is 26.1 Å². The van der Waals surface area contributed by atoms with Crippen molar-refractivity contribution in [2.45, 2.75) is 32.0 Å². The lowest BCUT2D eigenvalue weighted by molar-refractivity contribution is -0.163. The van der Waals surface area contributed by atoms with Crippen LogP contribution in [0.3, 0.4) is 0 Å². The lowest BCUT2D eigenvalue weighted by atomic mass is 10.1. The second-order valence-corrected chi connectivity index (χ2v) is 4.82. The number of nitrogens with two attached hydrogens (primary N) is 1. The molecule has 1 aliphatic carbocycles. The second kappa shape index (κ2) is 7.64. The van der Waals surface area contributed by atoms with Crippen LogP contribution >= 0.6 is 0 Å². The highest BCUT2D eigenvalue weighted by Gasteiger charge is 2.35. The minimum absolute atomic E-state index is 0.0396. The smallest absolute Gasteiger partial charge is 0.382 e. The molecule has 0 aliphatic heterocycles. The van der Waals surface area contributed by atoms with Gasteiger partial charge in [0.25, 0.3) is 0 Å². The van der Waals surface area contributed by atoms with Gasteiger partial charge in [-0.3, -0.25) is 4.79 Å². The van der Waals surface area contributed by atoms with Gasteiger partial charge in [-0.25, -0.2) is 0 Å². The Hall–Kier alpha value is -1.08. The molecule has 1 rings (SSSR count). The molecule has 0 heterocycles. The van der Waals surface area contributed by atoms with Crippen LogP contribution in [0.1, 0.15) is 19.8 Å². The molecular weight excluding hydrogens is 273 g/mol. The third-order valence-corrected chi connectivity index (χ3v) is 3.04. The lowest BCUT2D eigenvalue weighted by Gasteiger charge is -2.26. The standard InChI is InChI=1S/C13H21F3N2O2/c1-2-20-7-3-6-18(9-13(14,15)16)12(19)10-4-5-11(17)8-10/h4-5,10-11H,2-3,6-9,17H2,1H3. The zero-order valence-corrected chi connectivity index (χ0v) is 11.5. The van der Waals surface area contributed by atoms with E-state index < -0.39 is 24.5 Å². The summed E-state index contributed by atoms with van der Waals surface area (Å²) < 4.78 is 42.7. The predicted molar refractivity (Wildman–Crippen MR) is 69.0 cm³/mol. The molecule has 0 bridgehead atoms. The Morgan fingerprint density at radius 2 is 2.15 bits per heavy atom. The van der Waals surface area contributed by atoms with Crippen molar-refractivity contribution in [1.29, 1.82) is 0 Å². The average molecular weight is 294 g/mol. The number of ether oxygens (including phenoxy) is 1. The Labute approximate surface area is 116 Å². The van der Waals surface area contributed by atoms with Gasteiger partial charge < -0.3 is 15.4 Å². The Balaban J connectivity index is 2.56. The molecule has 0 radical (unpaired) electrons. The summed E-state index contributed by atoms with van der Waals surface area (Å²) in [5.74, 6) is -1.05. The Morgan fingerprint density at radius 1 is 1.45 bits per heavy atom. The lowest BCUT2D eigenvalue weighted by Crippen LogP contribution is -2.42. The number of carbonyl (C=O) groups is 1. The van der Waals surface area contributed by atoms with Crippen molar-refractivity contribution in [3.05, 3.63) is 12.2 Å². The van der Waals surface area contributed by atoms with E-state index in [-0.39, 0.29) is 12.6 Å². The maximum atomic E-state index is 12.5. The largest absolute Gasteiger partial charge is 0.406 e. The van der Waals surface area contributed by atoms with Crippen molar-refractivity contribution < 1.29 is 22.7 Å². The van der Waals surface area contributed by atoms with Crippen molar-refractivity contribution in [2.75, 3.05) is 26.3 Å². The van der Waals surface area contributed by atoms with Crippen LogP contribution in [0, 0.1) is 5.92 Å². The summed E-state index contributed by atoms with van der Waals surface area (Å²) in [6, 6.07) is -0.250. The van der Waals surface area contributed by atoms with Gasteiger partial charge in [0.15, 0.2) is 0 Å². The summed E-state index contributed by atoms with van der Waals surface area (Å²) >= 11 is 0. The highest BCUT2D eigenvalue weighted by molar-refractivity contribution is 5.81. The number of amides is 1. The molecule has 2 unspecified atom stereocenters. The fourth-order valence-electron chi connectivity index (χ4n) is 2.13. The van der Waals surface area contributed by atoms with Crippen molar-refractivity contribution in [1.82, 2.24) is 4.90 Å². The Bertz CT molecular complexity index is 345. The SMILES string of the molecule is CCOCCCN(CC(F)(F)F)C(=O)C1C=CC(N)C1. The first-order valence-corrected chi connectivity index (χ1v) is 6.70. The van der Waals surface area contributed by atoms with Crippen LogP contribution in [0.15, 0.2) is 12.2 Å². The minimum Gasteiger partial charge on any atom is -0.382 e. The number of hydrogen-bond acceptors (Lipinski definition) is 3. The monoisotopic (exact) mass is 294 g/mol. The molecule has 0 aromatic rings. The van der Waals surface area contributed by atoms with E-state index in [1.807, 2.05) is 6.92 Å². The number of carbonyl (C=O) groups excluding carboxylic acids is 1. The van der Waals surface area contributed by atoms with E-state index in [1.165, 1.54) is 0 Å². The Kier molecular flexibility index (Phi) is 6.48. The first-order valence-electron chi connectivity index (χ1n) is 6.70. The van der Waals surface area contributed by atoms with E-state index in [1.54, 1.807) is 12.2 Å². The maximum Gasteiger partial charge on any atom is 0.406 e. The van der Waals surface area contributed by atoms with Crippen LogP contribution < -0.4 is 5.73 Å². The molecule has 7 heteroatoms. The molecule has 0 aromatic heterocycles. The fraction of sp³-hybridized carbons (Fsp3) is 0.769. The van der Waals surface area contributed by atoms with Crippen LogP contribution in [-0.2, 0) is 9.53 Å². The number of halogens is 3. The quantitative estimate of drug-likeness (QED) is 0.574. The molecule has 1 amide bonds. The first kappa shape index (κ1) is 17.0. The molecule has 2 N–H and O–H groups in total. The molecule has 0 spiro atoms. The second-order valence-electron chi connectivity index (χ2n) is 4.82. The molecule has 116 valence electrons. The van der Waals surface area contributed by atoms with Crippen LogP contribution in [0.5, 0.6) is 0 Å². The Morgan fingerprint density at radius 3 is 2.65 bits per heavy atom. The van der Waals surface area contributed by atoms with E-state index in [0.717, 1.165) is 4.90 Å². The van der Waals surface area contributed by atoms with E-state index in [4.69, 9.17) is 10.5 Å².